The number of ether oxygens (including phenoxy) is 2. The Hall–Kier alpha value is -1.55. The lowest BCUT2D eigenvalue weighted by atomic mass is 10.0. The number of nitrogens with two attached hydrogens (primary N) is 1. The summed E-state index contributed by atoms with van der Waals surface area (Å²) in [6.07, 6.45) is 0.905. The zero-order chi connectivity index (χ0) is 12.7. The van der Waals surface area contributed by atoms with E-state index in [1.54, 1.807) is 14.0 Å². The lowest BCUT2D eigenvalue weighted by Gasteiger charge is -2.11. The third-order valence-corrected chi connectivity index (χ3v) is 2.39. The van der Waals surface area contributed by atoms with Crippen molar-refractivity contribution >= 4 is 5.97 Å². The molecule has 17 heavy (non-hydrogen) atoms. The van der Waals surface area contributed by atoms with Crippen molar-refractivity contribution in [1.82, 2.24) is 0 Å². The van der Waals surface area contributed by atoms with E-state index < -0.39 is 0 Å². The number of carbonyl (C=O) groups is 1. The monoisotopic (exact) mass is 237 g/mol. The van der Waals surface area contributed by atoms with Gasteiger partial charge in [0, 0.05) is 6.04 Å². The molecule has 0 spiro atoms. The lowest BCUT2D eigenvalue weighted by molar-refractivity contribution is -0.143. The second kappa shape index (κ2) is 6.91. The molecule has 94 valence electrons. The number of methoxy groups -OCH3 is 1. The maximum absolute atomic E-state index is 11.2. The molecule has 0 aliphatic carbocycles. The molecule has 0 saturated carbocycles. The van der Waals surface area contributed by atoms with Crippen LogP contribution in [0.5, 0.6) is 5.75 Å². The van der Waals surface area contributed by atoms with Gasteiger partial charge in [0.15, 0.2) is 0 Å². The summed E-state index contributed by atoms with van der Waals surface area (Å²) < 4.78 is 9.91. The van der Waals surface area contributed by atoms with Gasteiger partial charge in [-0.3, -0.25) is 4.79 Å². The highest BCUT2D eigenvalue weighted by molar-refractivity contribution is 5.70. The SMILES string of the molecule is CCOC(=O)C[C@H](N)Cc1ccc(OC)cc1. The van der Waals surface area contributed by atoms with Gasteiger partial charge in [0.2, 0.25) is 0 Å². The number of rotatable bonds is 6. The first-order valence-corrected chi connectivity index (χ1v) is 5.69. The molecule has 0 amide bonds. The summed E-state index contributed by atoms with van der Waals surface area (Å²) in [6, 6.07) is 7.45. The van der Waals surface area contributed by atoms with Gasteiger partial charge in [-0.1, -0.05) is 12.1 Å². The van der Waals surface area contributed by atoms with E-state index in [2.05, 4.69) is 0 Å². The van der Waals surface area contributed by atoms with E-state index in [0.29, 0.717) is 13.0 Å². The molecule has 0 unspecified atom stereocenters. The number of benzene rings is 1. The third kappa shape index (κ3) is 4.87. The Labute approximate surface area is 102 Å². The van der Waals surface area contributed by atoms with E-state index in [0.717, 1.165) is 11.3 Å². The Morgan fingerprint density at radius 1 is 1.35 bits per heavy atom. The fourth-order valence-corrected chi connectivity index (χ4v) is 1.57. The van der Waals surface area contributed by atoms with Crippen LogP contribution in [-0.4, -0.2) is 25.7 Å². The van der Waals surface area contributed by atoms with E-state index in [9.17, 15) is 4.79 Å². The molecule has 1 rings (SSSR count). The third-order valence-electron chi connectivity index (χ3n) is 2.39. The molecule has 0 radical (unpaired) electrons. The summed E-state index contributed by atoms with van der Waals surface area (Å²) in [5.41, 5.74) is 6.96. The van der Waals surface area contributed by atoms with Crippen molar-refractivity contribution in [3.05, 3.63) is 29.8 Å². The topological polar surface area (TPSA) is 61.5 Å². The molecule has 0 aliphatic rings. The summed E-state index contributed by atoms with van der Waals surface area (Å²) >= 11 is 0. The highest BCUT2D eigenvalue weighted by Crippen LogP contribution is 2.13. The van der Waals surface area contributed by atoms with Crippen molar-refractivity contribution < 1.29 is 14.3 Å². The first kappa shape index (κ1) is 13.5. The van der Waals surface area contributed by atoms with Gasteiger partial charge in [-0.2, -0.15) is 0 Å². The molecule has 0 saturated heterocycles. The van der Waals surface area contributed by atoms with Crippen LogP contribution in [0.15, 0.2) is 24.3 Å². The highest BCUT2D eigenvalue weighted by Gasteiger charge is 2.10. The van der Waals surface area contributed by atoms with E-state index in [1.165, 1.54) is 0 Å². The van der Waals surface area contributed by atoms with Gasteiger partial charge in [0.05, 0.1) is 20.1 Å². The van der Waals surface area contributed by atoms with Gasteiger partial charge in [0.25, 0.3) is 0 Å². The number of esters is 1. The van der Waals surface area contributed by atoms with Gasteiger partial charge < -0.3 is 15.2 Å². The minimum absolute atomic E-state index is 0.206. The van der Waals surface area contributed by atoms with Crippen molar-refractivity contribution in [1.29, 1.82) is 0 Å². The smallest absolute Gasteiger partial charge is 0.307 e. The Morgan fingerprint density at radius 2 is 2.00 bits per heavy atom. The summed E-state index contributed by atoms with van der Waals surface area (Å²) in [5.74, 6) is 0.571. The first-order valence-electron chi connectivity index (χ1n) is 5.69. The van der Waals surface area contributed by atoms with Crippen LogP contribution in [0.3, 0.4) is 0 Å². The van der Waals surface area contributed by atoms with Crippen molar-refractivity contribution in [2.45, 2.75) is 25.8 Å². The van der Waals surface area contributed by atoms with E-state index in [-0.39, 0.29) is 18.4 Å². The molecule has 1 aromatic carbocycles. The molecule has 0 fully saturated rings. The molecular weight excluding hydrogens is 218 g/mol. The minimum atomic E-state index is -0.242. The van der Waals surface area contributed by atoms with Gasteiger partial charge in [-0.05, 0) is 31.0 Å². The molecule has 0 heterocycles. The predicted molar refractivity (Wildman–Crippen MR) is 65.9 cm³/mol. The fraction of sp³-hybridized carbons (Fsp3) is 0.462. The van der Waals surface area contributed by atoms with Gasteiger partial charge in [-0.25, -0.2) is 0 Å². The van der Waals surface area contributed by atoms with Gasteiger partial charge in [-0.15, -0.1) is 0 Å². The summed E-state index contributed by atoms with van der Waals surface area (Å²) in [6.45, 7) is 2.18. The van der Waals surface area contributed by atoms with E-state index in [1.807, 2.05) is 24.3 Å². The second-order valence-electron chi connectivity index (χ2n) is 3.82. The van der Waals surface area contributed by atoms with Crippen molar-refractivity contribution in [2.75, 3.05) is 13.7 Å². The summed E-state index contributed by atoms with van der Waals surface area (Å²) in [4.78, 5) is 11.2. The van der Waals surface area contributed by atoms with Crippen LogP contribution in [0.4, 0.5) is 0 Å². The molecule has 1 aromatic rings. The molecule has 0 aromatic heterocycles. The Kier molecular flexibility index (Phi) is 5.49. The van der Waals surface area contributed by atoms with Crippen LogP contribution in [0.1, 0.15) is 18.9 Å². The quantitative estimate of drug-likeness (QED) is 0.762. The van der Waals surface area contributed by atoms with Crippen LogP contribution >= 0.6 is 0 Å². The zero-order valence-corrected chi connectivity index (χ0v) is 10.3. The van der Waals surface area contributed by atoms with E-state index >= 15 is 0 Å². The number of carbonyl (C=O) groups excluding carboxylic acids is 1. The first-order chi connectivity index (χ1) is 8.15. The van der Waals surface area contributed by atoms with Gasteiger partial charge in [0.1, 0.15) is 5.75 Å². The molecule has 0 aliphatic heterocycles. The molecule has 2 N–H and O–H groups in total. The Balaban J connectivity index is 2.44. The van der Waals surface area contributed by atoms with Crippen LogP contribution in [0.2, 0.25) is 0 Å². The van der Waals surface area contributed by atoms with Crippen molar-refractivity contribution in [3.8, 4) is 5.75 Å². The van der Waals surface area contributed by atoms with Crippen molar-refractivity contribution in [2.24, 2.45) is 5.73 Å². The van der Waals surface area contributed by atoms with Crippen LogP contribution in [-0.2, 0) is 16.0 Å². The standard InChI is InChI=1S/C13H19NO3/c1-3-17-13(15)9-11(14)8-10-4-6-12(16-2)7-5-10/h4-7,11H,3,8-9,14H2,1-2H3/t11-/m1/s1. The largest absolute Gasteiger partial charge is 0.497 e. The zero-order valence-electron chi connectivity index (χ0n) is 10.3. The van der Waals surface area contributed by atoms with Crippen LogP contribution < -0.4 is 10.5 Å². The molecular formula is C13H19NO3. The van der Waals surface area contributed by atoms with Crippen LogP contribution in [0, 0.1) is 0 Å². The molecule has 4 heteroatoms. The van der Waals surface area contributed by atoms with Crippen LogP contribution in [0.25, 0.3) is 0 Å². The average Bonchev–Trinajstić information content (AvgIpc) is 2.30. The second-order valence-corrected chi connectivity index (χ2v) is 3.82. The average molecular weight is 237 g/mol. The van der Waals surface area contributed by atoms with Crippen molar-refractivity contribution in [3.63, 3.8) is 0 Å². The predicted octanol–water partition coefficient (Wildman–Crippen LogP) is 1.52. The summed E-state index contributed by atoms with van der Waals surface area (Å²) in [7, 11) is 1.63. The maximum Gasteiger partial charge on any atom is 0.307 e. The highest BCUT2D eigenvalue weighted by atomic mass is 16.5. The number of hydrogen-bond donors (Lipinski definition) is 1. The van der Waals surface area contributed by atoms with Gasteiger partial charge >= 0.3 is 5.97 Å². The normalized spacial score (nSPS) is 11.9. The minimum Gasteiger partial charge on any atom is -0.497 e. The summed E-state index contributed by atoms with van der Waals surface area (Å²) in [5, 5.41) is 0. The fourth-order valence-electron chi connectivity index (χ4n) is 1.57. The lowest BCUT2D eigenvalue weighted by Crippen LogP contribution is -2.27. The maximum atomic E-state index is 11.2. The molecule has 0 bridgehead atoms. The molecule has 1 atom stereocenters. The molecule has 4 nitrogen and oxygen atoms in total. The van der Waals surface area contributed by atoms with E-state index in [4.69, 9.17) is 15.2 Å². The Morgan fingerprint density at radius 3 is 2.53 bits per heavy atom. The Bertz CT molecular complexity index is 348. The number of hydrogen-bond acceptors (Lipinski definition) is 4.